The van der Waals surface area contributed by atoms with Crippen molar-refractivity contribution < 1.29 is 18.3 Å². The molecule has 3 aromatic heterocycles. The van der Waals surface area contributed by atoms with Gasteiger partial charge >= 0.3 is 5.97 Å². The number of anilines is 2. The van der Waals surface area contributed by atoms with Crippen molar-refractivity contribution in [2.45, 2.75) is 6.92 Å². The van der Waals surface area contributed by atoms with E-state index >= 15 is 0 Å². The number of halogens is 2. The monoisotopic (exact) mass is 445 g/mol. The van der Waals surface area contributed by atoms with E-state index in [1.165, 1.54) is 18.5 Å². The van der Waals surface area contributed by atoms with Gasteiger partial charge in [0.1, 0.15) is 17.8 Å². The number of aromatic nitrogens is 4. The molecule has 0 radical (unpaired) electrons. The number of nitrogens with zero attached hydrogens (tertiary/aromatic N) is 4. The fraction of sp³-hybridized carbons (Fsp3) is 0.0833. The number of pyridine rings is 1. The zero-order valence-corrected chi connectivity index (χ0v) is 17.4. The lowest BCUT2D eigenvalue weighted by Gasteiger charge is -2.11. The Bertz CT molecular complexity index is 1520. The van der Waals surface area contributed by atoms with Crippen LogP contribution in [-0.2, 0) is 4.74 Å². The zero-order valence-electron chi connectivity index (χ0n) is 17.4. The maximum atomic E-state index is 14.2. The molecule has 0 unspecified atom stereocenters. The van der Waals surface area contributed by atoms with Crippen molar-refractivity contribution in [3.8, 4) is 11.1 Å². The van der Waals surface area contributed by atoms with Gasteiger partial charge in [-0.25, -0.2) is 28.5 Å². The largest absolute Gasteiger partial charge is 0.461 e. The van der Waals surface area contributed by atoms with Crippen LogP contribution in [0.3, 0.4) is 0 Å². The van der Waals surface area contributed by atoms with Gasteiger partial charge in [0.25, 0.3) is 0 Å². The summed E-state index contributed by atoms with van der Waals surface area (Å²) >= 11 is 0. The van der Waals surface area contributed by atoms with Crippen LogP contribution in [0.25, 0.3) is 27.7 Å². The lowest BCUT2D eigenvalue weighted by molar-refractivity contribution is 0.0520. The second-order valence-electron chi connectivity index (χ2n) is 7.21. The SMILES string of the molecule is CCOC(=O)c1cn2cc(-c3ccc4ncnc(Nc5cccc(F)c5F)c4c3)ccc2n1. The Morgan fingerprint density at radius 2 is 1.91 bits per heavy atom. The number of imidazole rings is 1. The third-order valence-electron chi connectivity index (χ3n) is 5.11. The maximum Gasteiger partial charge on any atom is 0.358 e. The van der Waals surface area contributed by atoms with Gasteiger partial charge in [0.05, 0.1) is 17.8 Å². The van der Waals surface area contributed by atoms with Crippen LogP contribution >= 0.6 is 0 Å². The van der Waals surface area contributed by atoms with Gasteiger partial charge in [-0.05, 0) is 54.4 Å². The van der Waals surface area contributed by atoms with Gasteiger partial charge in [-0.2, -0.15) is 0 Å². The summed E-state index contributed by atoms with van der Waals surface area (Å²) < 4.78 is 34.5. The Kier molecular flexibility index (Phi) is 5.14. The van der Waals surface area contributed by atoms with E-state index in [0.717, 1.165) is 17.2 Å². The van der Waals surface area contributed by atoms with Crippen LogP contribution in [-0.4, -0.2) is 31.9 Å². The molecule has 0 bridgehead atoms. The third kappa shape index (κ3) is 3.84. The van der Waals surface area contributed by atoms with Crippen LogP contribution in [0.5, 0.6) is 0 Å². The topological polar surface area (TPSA) is 81.4 Å². The van der Waals surface area contributed by atoms with Gasteiger partial charge in [-0.3, -0.25) is 0 Å². The molecular formula is C24H17F2N5O2. The Labute approximate surface area is 186 Å². The summed E-state index contributed by atoms with van der Waals surface area (Å²) in [6.07, 6.45) is 4.81. The summed E-state index contributed by atoms with van der Waals surface area (Å²) in [6, 6.07) is 13.2. The van der Waals surface area contributed by atoms with Crippen LogP contribution in [0.15, 0.2) is 67.3 Å². The minimum atomic E-state index is -0.983. The smallest absolute Gasteiger partial charge is 0.358 e. The van der Waals surface area contributed by atoms with Crippen molar-refractivity contribution in [3.63, 3.8) is 0 Å². The highest BCUT2D eigenvalue weighted by Crippen LogP contribution is 2.30. The molecule has 7 nitrogen and oxygen atoms in total. The van der Waals surface area contributed by atoms with Crippen molar-refractivity contribution >= 4 is 34.0 Å². The van der Waals surface area contributed by atoms with Crippen molar-refractivity contribution in [1.29, 1.82) is 0 Å². The minimum absolute atomic E-state index is 0.0215. The summed E-state index contributed by atoms with van der Waals surface area (Å²) in [5.74, 6) is -2.07. The summed E-state index contributed by atoms with van der Waals surface area (Å²) in [5.41, 5.74) is 3.14. The second kappa shape index (κ2) is 8.27. The lowest BCUT2D eigenvalue weighted by atomic mass is 10.0. The molecule has 0 aliphatic heterocycles. The Morgan fingerprint density at radius 3 is 2.76 bits per heavy atom. The molecule has 0 spiro atoms. The van der Waals surface area contributed by atoms with Gasteiger partial charge in [0, 0.05) is 17.8 Å². The third-order valence-corrected chi connectivity index (χ3v) is 5.11. The average molecular weight is 445 g/mol. The number of ether oxygens (including phenoxy) is 1. The molecule has 0 saturated heterocycles. The number of benzene rings is 2. The first kappa shape index (κ1) is 20.5. The second-order valence-corrected chi connectivity index (χ2v) is 7.21. The molecule has 5 rings (SSSR count). The normalized spacial score (nSPS) is 11.1. The standard InChI is InChI=1S/C24H17F2N5O2/c1-2-33-24(32)20-12-31-11-15(7-9-21(31)29-20)14-6-8-18-16(10-14)23(28-13-27-18)30-19-5-3-4-17(25)22(19)26/h3-13H,2H2,1H3,(H,27,28,30). The van der Waals surface area contributed by atoms with Crippen LogP contribution in [0, 0.1) is 11.6 Å². The molecule has 0 saturated carbocycles. The summed E-state index contributed by atoms with van der Waals surface area (Å²) in [7, 11) is 0. The summed E-state index contributed by atoms with van der Waals surface area (Å²) in [5, 5.41) is 3.50. The first-order valence-electron chi connectivity index (χ1n) is 10.2. The average Bonchev–Trinajstić information content (AvgIpc) is 3.26. The Hall–Kier alpha value is -4.40. The van der Waals surface area contributed by atoms with E-state index in [-0.39, 0.29) is 18.0 Å². The van der Waals surface area contributed by atoms with E-state index in [4.69, 9.17) is 4.74 Å². The molecule has 164 valence electrons. The van der Waals surface area contributed by atoms with Gasteiger partial charge in [-0.1, -0.05) is 12.1 Å². The molecule has 0 atom stereocenters. The van der Waals surface area contributed by atoms with E-state index in [1.54, 1.807) is 23.6 Å². The number of hydrogen-bond donors (Lipinski definition) is 1. The Morgan fingerprint density at radius 1 is 1.06 bits per heavy atom. The maximum absolute atomic E-state index is 14.2. The lowest BCUT2D eigenvalue weighted by Crippen LogP contribution is -2.04. The van der Waals surface area contributed by atoms with Gasteiger partial charge < -0.3 is 14.5 Å². The molecule has 0 aliphatic rings. The quantitative estimate of drug-likeness (QED) is 0.377. The number of fused-ring (bicyclic) bond motifs is 2. The van der Waals surface area contributed by atoms with Crippen molar-refractivity contribution in [2.75, 3.05) is 11.9 Å². The molecule has 0 fully saturated rings. The first-order valence-corrected chi connectivity index (χ1v) is 10.2. The summed E-state index contributed by atoms with van der Waals surface area (Å²) in [6.45, 7) is 2.01. The van der Waals surface area contributed by atoms with Crippen LogP contribution in [0.4, 0.5) is 20.3 Å². The van der Waals surface area contributed by atoms with Gasteiger partial charge in [-0.15, -0.1) is 0 Å². The van der Waals surface area contributed by atoms with Crippen molar-refractivity contribution in [1.82, 2.24) is 19.4 Å². The fourth-order valence-electron chi connectivity index (χ4n) is 3.53. The van der Waals surface area contributed by atoms with Crippen LogP contribution in [0.2, 0.25) is 0 Å². The molecule has 2 aromatic carbocycles. The predicted molar refractivity (Wildman–Crippen MR) is 119 cm³/mol. The molecule has 5 aromatic rings. The molecule has 3 heterocycles. The number of carbonyl (C=O) groups excluding carboxylic acids is 1. The number of rotatable bonds is 5. The number of esters is 1. The van der Waals surface area contributed by atoms with Crippen molar-refractivity contribution in [2.24, 2.45) is 0 Å². The van der Waals surface area contributed by atoms with Gasteiger partial charge in [0.15, 0.2) is 17.3 Å². The highest BCUT2D eigenvalue weighted by atomic mass is 19.2. The van der Waals surface area contributed by atoms with E-state index in [1.807, 2.05) is 30.5 Å². The minimum Gasteiger partial charge on any atom is -0.461 e. The molecule has 0 aliphatic carbocycles. The highest BCUT2D eigenvalue weighted by Gasteiger charge is 2.14. The van der Waals surface area contributed by atoms with Crippen LogP contribution in [0.1, 0.15) is 17.4 Å². The Balaban J connectivity index is 1.55. The first-order chi connectivity index (χ1) is 16.0. The van der Waals surface area contributed by atoms with Gasteiger partial charge in [0.2, 0.25) is 0 Å². The number of hydrogen-bond acceptors (Lipinski definition) is 6. The molecule has 9 heteroatoms. The van der Waals surface area contributed by atoms with E-state index in [2.05, 4.69) is 20.3 Å². The molecule has 33 heavy (non-hydrogen) atoms. The number of carbonyl (C=O) groups is 1. The van der Waals surface area contributed by atoms with E-state index in [0.29, 0.717) is 22.4 Å². The number of nitrogens with one attached hydrogen (secondary N) is 1. The highest BCUT2D eigenvalue weighted by molar-refractivity contribution is 5.94. The molecule has 0 amide bonds. The fourth-order valence-corrected chi connectivity index (χ4v) is 3.53. The van der Waals surface area contributed by atoms with E-state index in [9.17, 15) is 13.6 Å². The molecule has 1 N–H and O–H groups in total. The van der Waals surface area contributed by atoms with Crippen molar-refractivity contribution in [3.05, 3.63) is 84.6 Å². The predicted octanol–water partition coefficient (Wildman–Crippen LogP) is 5.14. The summed E-state index contributed by atoms with van der Waals surface area (Å²) in [4.78, 5) is 24.7. The van der Waals surface area contributed by atoms with E-state index < -0.39 is 17.6 Å². The van der Waals surface area contributed by atoms with Crippen LogP contribution < -0.4 is 5.32 Å². The molecular weight excluding hydrogens is 428 g/mol. The zero-order chi connectivity index (χ0) is 22.9.